The maximum atomic E-state index is 10.9. The Morgan fingerprint density at radius 3 is 2.67 bits per heavy atom. The molecule has 0 bridgehead atoms. The highest BCUT2D eigenvalue weighted by atomic mass is 32.2. The lowest BCUT2D eigenvalue weighted by Crippen LogP contribution is -2.21. The summed E-state index contributed by atoms with van der Waals surface area (Å²) in [5, 5.41) is 12.7. The maximum absolute atomic E-state index is 10.9. The van der Waals surface area contributed by atoms with Crippen LogP contribution in [0.3, 0.4) is 0 Å². The number of aromatic hydroxyl groups is 1. The Labute approximate surface area is 105 Å². The van der Waals surface area contributed by atoms with Gasteiger partial charge in [0, 0.05) is 31.0 Å². The van der Waals surface area contributed by atoms with Crippen LogP contribution in [0.2, 0.25) is 0 Å². The van der Waals surface area contributed by atoms with Crippen LogP contribution in [0.25, 0.3) is 0 Å². The van der Waals surface area contributed by atoms with Gasteiger partial charge in [0.05, 0.1) is 5.75 Å². The largest absolute Gasteiger partial charge is 0.507 e. The van der Waals surface area contributed by atoms with Crippen LogP contribution in [0.1, 0.15) is 5.56 Å². The van der Waals surface area contributed by atoms with E-state index in [4.69, 9.17) is 9.47 Å². The van der Waals surface area contributed by atoms with E-state index in [1.807, 2.05) is 0 Å². The molecule has 0 saturated carbocycles. The van der Waals surface area contributed by atoms with Gasteiger partial charge < -0.3 is 19.9 Å². The average Bonchev–Trinajstić information content (AvgIpc) is 2.70. The van der Waals surface area contributed by atoms with Crippen LogP contribution in [-0.2, 0) is 16.4 Å². The molecule has 1 aromatic rings. The molecule has 6 nitrogen and oxygen atoms in total. The second kappa shape index (κ2) is 5.03. The van der Waals surface area contributed by atoms with Gasteiger partial charge in [-0.15, -0.1) is 0 Å². The van der Waals surface area contributed by atoms with Crippen molar-refractivity contribution in [2.24, 2.45) is 0 Å². The predicted molar refractivity (Wildman–Crippen MR) is 65.6 cm³/mol. The molecule has 1 heterocycles. The summed E-state index contributed by atoms with van der Waals surface area (Å²) < 4.78 is 32.2. The van der Waals surface area contributed by atoms with Gasteiger partial charge in [-0.1, -0.05) is 0 Å². The zero-order chi connectivity index (χ0) is 13.2. The van der Waals surface area contributed by atoms with Gasteiger partial charge in [0.15, 0.2) is 11.5 Å². The number of hydrogen-bond donors (Lipinski definition) is 2. The highest BCUT2D eigenvalue weighted by Gasteiger charge is 2.16. The molecule has 0 spiro atoms. The number of phenols is 1. The molecule has 1 aromatic carbocycles. The minimum atomic E-state index is -2.97. The normalized spacial score (nSPS) is 13.8. The van der Waals surface area contributed by atoms with Crippen molar-refractivity contribution in [2.75, 3.05) is 25.3 Å². The van der Waals surface area contributed by atoms with Crippen LogP contribution in [0, 0.1) is 0 Å². The Morgan fingerprint density at radius 1 is 1.33 bits per heavy atom. The van der Waals surface area contributed by atoms with Crippen LogP contribution < -0.4 is 14.8 Å². The van der Waals surface area contributed by atoms with E-state index in [1.54, 1.807) is 6.07 Å². The molecule has 0 aliphatic carbocycles. The first-order valence-electron chi connectivity index (χ1n) is 5.45. The summed E-state index contributed by atoms with van der Waals surface area (Å²) in [4.78, 5) is 0. The number of nitrogens with one attached hydrogen (secondary N) is 1. The van der Waals surface area contributed by atoms with E-state index in [-0.39, 0.29) is 18.3 Å². The number of sulfone groups is 1. The van der Waals surface area contributed by atoms with Gasteiger partial charge >= 0.3 is 0 Å². The first-order chi connectivity index (χ1) is 8.46. The van der Waals surface area contributed by atoms with Crippen LogP contribution in [0.5, 0.6) is 17.2 Å². The van der Waals surface area contributed by atoms with Gasteiger partial charge in [-0.3, -0.25) is 0 Å². The molecular formula is C11H15NO5S. The van der Waals surface area contributed by atoms with Crippen molar-refractivity contribution in [1.82, 2.24) is 5.32 Å². The number of rotatable bonds is 5. The van der Waals surface area contributed by atoms with E-state index in [2.05, 4.69) is 5.32 Å². The molecule has 2 rings (SSSR count). The van der Waals surface area contributed by atoms with Crippen LogP contribution in [0.4, 0.5) is 0 Å². The third-order valence-electron chi connectivity index (χ3n) is 2.54. The average molecular weight is 273 g/mol. The summed E-state index contributed by atoms with van der Waals surface area (Å²) in [6.07, 6.45) is 1.19. The van der Waals surface area contributed by atoms with Crippen LogP contribution in [0.15, 0.2) is 12.1 Å². The van der Waals surface area contributed by atoms with Crippen molar-refractivity contribution in [1.29, 1.82) is 0 Å². The van der Waals surface area contributed by atoms with E-state index in [0.29, 0.717) is 30.2 Å². The standard InChI is InChI=1S/C11H15NO5S/c1-18(14,15)3-2-12-6-8-4-10-11(5-9(8)13)17-7-16-10/h4-5,12-13H,2-3,6-7H2,1H3. The Balaban J connectivity index is 1.94. The van der Waals surface area contributed by atoms with E-state index < -0.39 is 9.84 Å². The van der Waals surface area contributed by atoms with E-state index >= 15 is 0 Å². The molecule has 0 saturated heterocycles. The third-order valence-corrected chi connectivity index (χ3v) is 3.48. The monoisotopic (exact) mass is 273 g/mol. The van der Waals surface area contributed by atoms with Gasteiger partial charge in [-0.25, -0.2) is 8.42 Å². The van der Waals surface area contributed by atoms with Crippen molar-refractivity contribution in [3.05, 3.63) is 17.7 Å². The molecule has 18 heavy (non-hydrogen) atoms. The van der Waals surface area contributed by atoms with E-state index in [9.17, 15) is 13.5 Å². The molecule has 100 valence electrons. The number of fused-ring (bicyclic) bond motifs is 1. The van der Waals surface area contributed by atoms with Gasteiger partial charge in [0.1, 0.15) is 15.6 Å². The Kier molecular flexibility index (Phi) is 3.63. The van der Waals surface area contributed by atoms with Gasteiger partial charge in [0.2, 0.25) is 6.79 Å². The Hall–Kier alpha value is -1.47. The quantitative estimate of drug-likeness (QED) is 0.748. The molecule has 0 aromatic heterocycles. The van der Waals surface area contributed by atoms with E-state index in [1.165, 1.54) is 12.3 Å². The summed E-state index contributed by atoms with van der Waals surface area (Å²) in [5.41, 5.74) is 0.646. The van der Waals surface area contributed by atoms with Crippen LogP contribution >= 0.6 is 0 Å². The molecule has 0 unspecified atom stereocenters. The summed E-state index contributed by atoms with van der Waals surface area (Å²) in [6.45, 7) is 0.866. The molecule has 1 aliphatic rings. The fourth-order valence-corrected chi connectivity index (χ4v) is 2.11. The molecule has 0 fully saturated rings. The third kappa shape index (κ3) is 3.27. The Morgan fingerprint density at radius 2 is 2.00 bits per heavy atom. The summed E-state index contributed by atoms with van der Waals surface area (Å²) in [5.74, 6) is 1.28. The number of phenolic OH excluding ortho intramolecular Hbond substituents is 1. The minimum absolute atomic E-state index is 0.0678. The van der Waals surface area contributed by atoms with Gasteiger partial charge in [0.25, 0.3) is 0 Å². The first-order valence-corrected chi connectivity index (χ1v) is 7.52. The highest BCUT2D eigenvalue weighted by Crippen LogP contribution is 2.37. The summed E-state index contributed by atoms with van der Waals surface area (Å²) in [7, 11) is -2.97. The van der Waals surface area contributed by atoms with Crippen molar-refractivity contribution in [2.45, 2.75) is 6.54 Å². The summed E-state index contributed by atoms with van der Waals surface area (Å²) in [6, 6.07) is 3.18. The van der Waals surface area contributed by atoms with E-state index in [0.717, 1.165) is 0 Å². The fraction of sp³-hybridized carbons (Fsp3) is 0.455. The molecule has 0 radical (unpaired) electrons. The first kappa shape index (κ1) is 13.0. The van der Waals surface area contributed by atoms with Crippen molar-refractivity contribution >= 4 is 9.84 Å². The SMILES string of the molecule is CS(=O)(=O)CCNCc1cc2c(cc1O)OCO2. The fourth-order valence-electron chi connectivity index (χ4n) is 1.60. The molecule has 2 N–H and O–H groups in total. The van der Waals surface area contributed by atoms with Gasteiger partial charge in [-0.05, 0) is 6.07 Å². The van der Waals surface area contributed by atoms with Crippen molar-refractivity contribution in [3.63, 3.8) is 0 Å². The molecule has 0 amide bonds. The minimum Gasteiger partial charge on any atom is -0.507 e. The Bertz CT molecular complexity index is 541. The number of ether oxygens (including phenoxy) is 2. The van der Waals surface area contributed by atoms with Crippen molar-refractivity contribution in [3.8, 4) is 17.2 Å². The number of hydrogen-bond acceptors (Lipinski definition) is 6. The highest BCUT2D eigenvalue weighted by molar-refractivity contribution is 7.90. The van der Waals surface area contributed by atoms with Crippen molar-refractivity contribution < 1.29 is 23.0 Å². The second-order valence-electron chi connectivity index (χ2n) is 4.14. The molecular weight excluding hydrogens is 258 g/mol. The zero-order valence-corrected chi connectivity index (χ0v) is 10.8. The summed E-state index contributed by atoms with van der Waals surface area (Å²) >= 11 is 0. The maximum Gasteiger partial charge on any atom is 0.231 e. The molecule has 1 aliphatic heterocycles. The lowest BCUT2D eigenvalue weighted by atomic mass is 10.1. The zero-order valence-electron chi connectivity index (χ0n) is 9.97. The topological polar surface area (TPSA) is 84.9 Å². The van der Waals surface area contributed by atoms with Gasteiger partial charge in [-0.2, -0.15) is 0 Å². The number of benzene rings is 1. The lowest BCUT2D eigenvalue weighted by Gasteiger charge is -2.07. The lowest BCUT2D eigenvalue weighted by molar-refractivity contribution is 0.174. The molecule has 7 heteroatoms. The predicted octanol–water partition coefficient (Wildman–Crippen LogP) is 0.255. The smallest absolute Gasteiger partial charge is 0.231 e. The molecule has 0 atom stereocenters. The second-order valence-corrected chi connectivity index (χ2v) is 6.40. The van der Waals surface area contributed by atoms with Crippen LogP contribution in [-0.4, -0.2) is 38.9 Å².